The van der Waals surface area contributed by atoms with Crippen LogP contribution in [0.4, 0.5) is 0 Å². The minimum atomic E-state index is -0.785. The van der Waals surface area contributed by atoms with Crippen LogP contribution < -0.4 is 0 Å². The molecule has 0 aromatic heterocycles. The van der Waals surface area contributed by atoms with E-state index >= 15 is 0 Å². The van der Waals surface area contributed by atoms with Crippen molar-refractivity contribution in [3.8, 4) is 0 Å². The van der Waals surface area contributed by atoms with Gasteiger partial charge in [-0.15, -0.1) is 0 Å². The van der Waals surface area contributed by atoms with Crippen LogP contribution in [0.15, 0.2) is 11.1 Å². The molecule has 0 aromatic rings. The van der Waals surface area contributed by atoms with Crippen molar-refractivity contribution in [3.05, 3.63) is 24.5 Å². The molecule has 0 unspecified atom stereocenters. The Labute approximate surface area is 196 Å². The monoisotopic (exact) mass is 436 g/mol. The number of ketones is 2. The molecule has 5 aliphatic carbocycles. The minimum Gasteiger partial charge on any atom is -0.289 e. The van der Waals surface area contributed by atoms with Gasteiger partial charge in [0, 0.05) is 5.57 Å². The predicted molar refractivity (Wildman–Crippen MR) is 129 cm³/mol. The third kappa shape index (κ3) is 2.48. The molecule has 2 radical (unpaired) electrons. The summed E-state index contributed by atoms with van der Waals surface area (Å²) in [6.07, 6.45) is 11.9. The highest BCUT2D eigenvalue weighted by Gasteiger charge is 2.69. The first-order valence-corrected chi connectivity index (χ1v) is 13.3. The Morgan fingerprint density at radius 3 is 2.22 bits per heavy atom. The summed E-state index contributed by atoms with van der Waals surface area (Å²) >= 11 is 0. The third-order valence-electron chi connectivity index (χ3n) is 12.1. The number of hydrogen-bond donors (Lipinski definition) is 0. The summed E-state index contributed by atoms with van der Waals surface area (Å²) in [4.78, 5) is 26.3. The van der Waals surface area contributed by atoms with Crippen molar-refractivity contribution < 1.29 is 9.59 Å². The molecule has 32 heavy (non-hydrogen) atoms. The van der Waals surface area contributed by atoms with Gasteiger partial charge in [-0.3, -0.25) is 9.59 Å². The fourth-order valence-corrected chi connectivity index (χ4v) is 10.3. The second-order valence-corrected chi connectivity index (χ2v) is 13.9. The molecular formula is C30H44O2. The maximum atomic E-state index is 13.2. The van der Waals surface area contributed by atoms with Crippen molar-refractivity contribution in [2.75, 3.05) is 0 Å². The van der Waals surface area contributed by atoms with Crippen molar-refractivity contribution in [1.82, 2.24) is 0 Å². The van der Waals surface area contributed by atoms with Crippen molar-refractivity contribution in [1.29, 1.82) is 0 Å². The van der Waals surface area contributed by atoms with Crippen molar-refractivity contribution in [2.45, 2.75) is 99.8 Å². The fourth-order valence-electron chi connectivity index (χ4n) is 10.3. The van der Waals surface area contributed by atoms with E-state index in [1.807, 2.05) is 0 Å². The van der Waals surface area contributed by atoms with E-state index in [9.17, 15) is 9.59 Å². The number of fused-ring (bicyclic) bond motifs is 7. The Morgan fingerprint density at radius 2 is 1.56 bits per heavy atom. The Balaban J connectivity index is 1.62. The molecule has 7 atom stereocenters. The van der Waals surface area contributed by atoms with Gasteiger partial charge in [0.05, 0.1) is 5.41 Å². The summed E-state index contributed by atoms with van der Waals surface area (Å²) < 4.78 is 0. The van der Waals surface area contributed by atoms with E-state index in [0.29, 0.717) is 16.7 Å². The number of allylic oxidation sites excluding steroid dienone is 2. The average molecular weight is 437 g/mol. The van der Waals surface area contributed by atoms with Gasteiger partial charge in [0.25, 0.3) is 0 Å². The van der Waals surface area contributed by atoms with E-state index in [2.05, 4.69) is 61.8 Å². The van der Waals surface area contributed by atoms with E-state index in [-0.39, 0.29) is 28.3 Å². The number of carbonyl (C=O) groups excluding carboxylic acids is 2. The average Bonchev–Trinajstić information content (AvgIpc) is 2.89. The summed E-state index contributed by atoms with van der Waals surface area (Å²) in [5, 5.41) is 0. The zero-order valence-corrected chi connectivity index (χ0v) is 21.6. The van der Waals surface area contributed by atoms with Crippen LogP contribution in [0.5, 0.6) is 0 Å². The van der Waals surface area contributed by atoms with Crippen molar-refractivity contribution >= 4 is 11.6 Å². The van der Waals surface area contributed by atoms with Gasteiger partial charge in [0.1, 0.15) is 0 Å². The molecule has 0 N–H and O–H groups in total. The normalized spacial score (nSPS) is 50.1. The van der Waals surface area contributed by atoms with Gasteiger partial charge in [-0.05, 0) is 116 Å². The van der Waals surface area contributed by atoms with Crippen LogP contribution in [0.2, 0.25) is 0 Å². The van der Waals surface area contributed by atoms with Crippen molar-refractivity contribution in [2.24, 2.45) is 50.7 Å². The van der Waals surface area contributed by atoms with E-state index in [1.54, 1.807) is 0 Å². The van der Waals surface area contributed by atoms with Gasteiger partial charge in [0.2, 0.25) is 11.6 Å². The first-order valence-electron chi connectivity index (χ1n) is 13.3. The Kier molecular flexibility index (Phi) is 4.71. The van der Waals surface area contributed by atoms with Crippen molar-refractivity contribution in [3.63, 3.8) is 0 Å². The highest BCUT2D eigenvalue weighted by molar-refractivity contribution is 6.49. The van der Waals surface area contributed by atoms with Crippen LogP contribution in [0.3, 0.4) is 0 Å². The van der Waals surface area contributed by atoms with Crippen LogP contribution in [0.25, 0.3) is 0 Å². The van der Waals surface area contributed by atoms with E-state index in [4.69, 9.17) is 0 Å². The summed E-state index contributed by atoms with van der Waals surface area (Å²) in [7, 11) is 0. The zero-order chi connectivity index (χ0) is 23.5. The maximum Gasteiger partial charge on any atom is 0.225 e. The first kappa shape index (κ1) is 22.9. The number of rotatable bonds is 1. The van der Waals surface area contributed by atoms with Crippen LogP contribution in [0, 0.1) is 64.1 Å². The molecule has 0 saturated heterocycles. The van der Waals surface area contributed by atoms with E-state index in [0.717, 1.165) is 36.7 Å². The van der Waals surface area contributed by atoms with Crippen LogP contribution in [-0.2, 0) is 9.59 Å². The van der Waals surface area contributed by atoms with Gasteiger partial charge in [-0.2, -0.15) is 0 Å². The highest BCUT2D eigenvalue weighted by atomic mass is 16.2. The highest BCUT2D eigenvalue weighted by Crippen LogP contribution is 2.76. The van der Waals surface area contributed by atoms with Gasteiger partial charge < -0.3 is 0 Å². The first-order chi connectivity index (χ1) is 14.7. The van der Waals surface area contributed by atoms with E-state index in [1.165, 1.54) is 37.7 Å². The summed E-state index contributed by atoms with van der Waals surface area (Å²) in [6, 6.07) is 0. The lowest BCUT2D eigenvalue weighted by atomic mass is 9.33. The molecule has 0 aromatic carbocycles. The summed E-state index contributed by atoms with van der Waals surface area (Å²) in [5.74, 6) is 1.47. The summed E-state index contributed by atoms with van der Waals surface area (Å²) in [6.45, 7) is 21.3. The molecular weight excluding hydrogens is 392 g/mol. The molecule has 0 bridgehead atoms. The number of Topliss-reactive ketones (excluding diaryl/α,β-unsaturated/α-hetero) is 2. The lowest BCUT2D eigenvalue weighted by molar-refractivity contribution is -0.204. The fraction of sp³-hybridized carbons (Fsp3) is 0.800. The van der Waals surface area contributed by atoms with Crippen LogP contribution >= 0.6 is 0 Å². The predicted octanol–water partition coefficient (Wildman–Crippen LogP) is 7.18. The zero-order valence-electron chi connectivity index (χ0n) is 21.6. The second-order valence-electron chi connectivity index (χ2n) is 13.9. The topological polar surface area (TPSA) is 34.1 Å². The lowest BCUT2D eigenvalue weighted by Gasteiger charge is -2.71. The van der Waals surface area contributed by atoms with Gasteiger partial charge in [-0.1, -0.05) is 48.5 Å². The molecule has 4 saturated carbocycles. The molecule has 2 heteroatoms. The third-order valence-corrected chi connectivity index (χ3v) is 12.1. The Bertz CT molecular complexity index is 908. The molecule has 2 nitrogen and oxygen atoms in total. The molecule has 5 aliphatic rings. The van der Waals surface area contributed by atoms with Gasteiger partial charge in [-0.25, -0.2) is 0 Å². The molecule has 0 aliphatic heterocycles. The summed E-state index contributed by atoms with van der Waals surface area (Å²) in [5.41, 5.74) is 2.30. The quantitative estimate of drug-likeness (QED) is 0.408. The minimum absolute atomic E-state index is 0.0980. The SMILES string of the molecule is [CH2][C@@]12CC[C@]3(C)[C@H](CC[C@@H]4[C@@]5(C)CC[CH]C(C)(C)[C@@H]5CC[C@]43C)C1=C(C(C)C)C(=O)C2=O. The molecule has 0 amide bonds. The maximum absolute atomic E-state index is 13.2. The number of carbonyl (C=O) groups is 2. The van der Waals surface area contributed by atoms with Crippen LogP contribution in [0.1, 0.15) is 99.8 Å². The molecule has 0 spiro atoms. The second kappa shape index (κ2) is 6.60. The van der Waals surface area contributed by atoms with E-state index < -0.39 is 5.41 Å². The standard InChI is InChI=1S/C30H44O2/c1-18(2)22-23-19-10-11-21-27(5)14-9-13-26(3,4)20(27)12-15-30(21,8)29(19,7)17-16-28(23,6)25(32)24(22)31/h13,18-21H,6,9-12,14-17H2,1-5,7-8H3/t19-,20+,21-,27+,28-,29-,30-/m1/s1. The van der Waals surface area contributed by atoms with Crippen LogP contribution in [-0.4, -0.2) is 11.6 Å². The molecule has 4 fully saturated rings. The smallest absolute Gasteiger partial charge is 0.225 e. The molecule has 0 heterocycles. The largest absolute Gasteiger partial charge is 0.289 e. The number of hydrogen-bond acceptors (Lipinski definition) is 2. The lowest BCUT2D eigenvalue weighted by Crippen LogP contribution is -2.64. The Hall–Kier alpha value is -0.920. The van der Waals surface area contributed by atoms with Gasteiger partial charge >= 0.3 is 0 Å². The Morgan fingerprint density at radius 1 is 0.875 bits per heavy atom. The molecule has 176 valence electrons. The van der Waals surface area contributed by atoms with Gasteiger partial charge in [0.15, 0.2) is 0 Å². The molecule has 5 rings (SSSR count).